The van der Waals surface area contributed by atoms with E-state index in [1.54, 1.807) is 10.9 Å². The van der Waals surface area contributed by atoms with Crippen LogP contribution in [0.2, 0.25) is 5.28 Å². The third-order valence-electron chi connectivity index (χ3n) is 7.16. The molecule has 0 unspecified atom stereocenters. The van der Waals surface area contributed by atoms with Crippen molar-refractivity contribution < 1.29 is 15.0 Å². The van der Waals surface area contributed by atoms with Crippen LogP contribution in [0, 0.1) is 5.92 Å². The number of anilines is 1. The van der Waals surface area contributed by atoms with E-state index >= 15 is 0 Å². The molecule has 0 aliphatic heterocycles. The first-order valence-corrected chi connectivity index (χ1v) is 12.7. The van der Waals surface area contributed by atoms with Gasteiger partial charge in [-0.25, -0.2) is 4.98 Å². The fraction of sp³-hybridized carbons (Fsp3) is 0.333. The lowest BCUT2D eigenvalue weighted by Crippen LogP contribution is -2.29. The number of imidazole rings is 1. The summed E-state index contributed by atoms with van der Waals surface area (Å²) in [7, 11) is 0. The Labute approximate surface area is 219 Å². The molecule has 1 aliphatic carbocycles. The summed E-state index contributed by atoms with van der Waals surface area (Å²) < 4.78 is 1.73. The highest BCUT2D eigenvalue weighted by atomic mass is 35.5. The fourth-order valence-electron chi connectivity index (χ4n) is 5.24. The summed E-state index contributed by atoms with van der Waals surface area (Å²) >= 11 is 6.32. The third kappa shape index (κ3) is 5.29. The molecule has 1 aliphatic rings. The van der Waals surface area contributed by atoms with E-state index < -0.39 is 24.2 Å². The van der Waals surface area contributed by atoms with Crippen molar-refractivity contribution in [1.82, 2.24) is 19.5 Å². The number of aliphatic hydroxyl groups excluding tert-OH is 2. The van der Waals surface area contributed by atoms with Crippen LogP contribution < -0.4 is 11.1 Å². The quantitative estimate of drug-likeness (QED) is 0.248. The molecule has 37 heavy (non-hydrogen) atoms. The van der Waals surface area contributed by atoms with Crippen LogP contribution in [0.1, 0.15) is 42.3 Å². The summed E-state index contributed by atoms with van der Waals surface area (Å²) in [5, 5.41) is 24.8. The number of carbonyl (C=O) groups excluding carboxylic acids is 1. The highest BCUT2D eigenvalue weighted by molar-refractivity contribution is 6.28. The second kappa shape index (κ2) is 10.8. The number of fused-ring (bicyclic) bond motifs is 1. The van der Waals surface area contributed by atoms with Gasteiger partial charge in [-0.15, -0.1) is 0 Å². The normalized spacial score (nSPS) is 21.5. The number of amides is 1. The predicted molar refractivity (Wildman–Crippen MR) is 141 cm³/mol. The van der Waals surface area contributed by atoms with Crippen molar-refractivity contribution in [3.8, 4) is 0 Å². The number of aromatic nitrogens is 4. The minimum Gasteiger partial charge on any atom is -0.390 e. The second-order valence-corrected chi connectivity index (χ2v) is 9.81. The van der Waals surface area contributed by atoms with Gasteiger partial charge < -0.3 is 25.8 Å². The van der Waals surface area contributed by atoms with Crippen LogP contribution in [0.15, 0.2) is 67.0 Å². The molecule has 5 N–H and O–H groups in total. The van der Waals surface area contributed by atoms with Gasteiger partial charge in [-0.1, -0.05) is 60.7 Å². The van der Waals surface area contributed by atoms with Gasteiger partial charge in [-0.05, 0) is 41.5 Å². The molecule has 0 spiro atoms. The molecule has 4 atom stereocenters. The minimum atomic E-state index is -1.04. The maximum atomic E-state index is 11.2. The summed E-state index contributed by atoms with van der Waals surface area (Å²) in [6.45, 7) is 0.545. The maximum absolute atomic E-state index is 11.2. The molecule has 2 aromatic heterocycles. The molecule has 2 aromatic carbocycles. The van der Waals surface area contributed by atoms with Gasteiger partial charge in [-0.2, -0.15) is 9.97 Å². The smallest absolute Gasteiger partial charge is 0.226 e. The highest BCUT2D eigenvalue weighted by Crippen LogP contribution is 2.39. The Bertz CT molecular complexity index is 1330. The van der Waals surface area contributed by atoms with Gasteiger partial charge in [-0.3, -0.25) is 4.79 Å². The zero-order chi connectivity index (χ0) is 25.9. The lowest BCUT2D eigenvalue weighted by molar-refractivity contribution is -0.118. The highest BCUT2D eigenvalue weighted by Gasteiger charge is 2.43. The predicted octanol–water partition coefficient (Wildman–Crippen LogP) is 3.27. The molecule has 9 nitrogen and oxygen atoms in total. The molecule has 1 saturated carbocycles. The van der Waals surface area contributed by atoms with E-state index in [2.05, 4.69) is 44.5 Å². The number of aliphatic hydroxyl groups is 2. The van der Waals surface area contributed by atoms with Crippen molar-refractivity contribution >= 4 is 34.5 Å². The topological polar surface area (TPSA) is 139 Å². The molecule has 5 rings (SSSR count). The van der Waals surface area contributed by atoms with Crippen molar-refractivity contribution in [3.63, 3.8) is 0 Å². The van der Waals surface area contributed by atoms with E-state index in [1.165, 1.54) is 0 Å². The number of hydrogen-bond acceptors (Lipinski definition) is 7. The van der Waals surface area contributed by atoms with Crippen molar-refractivity contribution in [3.05, 3.63) is 83.4 Å². The zero-order valence-electron chi connectivity index (χ0n) is 20.1. The van der Waals surface area contributed by atoms with Crippen LogP contribution in [0.25, 0.3) is 11.2 Å². The second-order valence-electron chi connectivity index (χ2n) is 9.47. The number of rotatable bonds is 9. The van der Waals surface area contributed by atoms with E-state index in [9.17, 15) is 15.0 Å². The SMILES string of the molecule is NC(=O)CC[C@H]1C[C@@H](n2cnc3c(NCC(c4ccccc4)c4ccccc4)nc(Cl)nc32)[C@H](O)[C@@H]1O. The number of nitrogens with two attached hydrogens (primary N) is 1. The van der Waals surface area contributed by atoms with E-state index in [1.807, 2.05) is 36.4 Å². The lowest BCUT2D eigenvalue weighted by atomic mass is 9.91. The van der Waals surface area contributed by atoms with Crippen molar-refractivity contribution in [2.45, 2.75) is 43.4 Å². The molecular formula is C27H29ClN6O3. The first-order valence-electron chi connectivity index (χ1n) is 12.3. The first-order chi connectivity index (χ1) is 17.9. The number of carbonyl (C=O) groups is 1. The molecular weight excluding hydrogens is 492 g/mol. The van der Waals surface area contributed by atoms with Crippen LogP contribution in [-0.4, -0.2) is 54.4 Å². The Morgan fingerprint density at radius 2 is 1.70 bits per heavy atom. The van der Waals surface area contributed by atoms with Gasteiger partial charge in [0.15, 0.2) is 17.0 Å². The van der Waals surface area contributed by atoms with E-state index in [0.29, 0.717) is 36.4 Å². The fourth-order valence-corrected chi connectivity index (χ4v) is 5.41. The Morgan fingerprint density at radius 3 is 2.32 bits per heavy atom. The van der Waals surface area contributed by atoms with Gasteiger partial charge in [0.1, 0.15) is 6.10 Å². The van der Waals surface area contributed by atoms with Crippen LogP contribution in [0.4, 0.5) is 5.82 Å². The Morgan fingerprint density at radius 1 is 1.05 bits per heavy atom. The number of nitrogens with zero attached hydrogens (tertiary/aromatic N) is 4. The Kier molecular flexibility index (Phi) is 7.36. The molecule has 0 saturated heterocycles. The average molecular weight is 521 g/mol. The minimum absolute atomic E-state index is 0.0473. The molecule has 192 valence electrons. The molecule has 0 radical (unpaired) electrons. The van der Waals surface area contributed by atoms with E-state index in [-0.39, 0.29) is 23.5 Å². The summed E-state index contributed by atoms with van der Waals surface area (Å²) in [6, 6.07) is 20.0. The molecule has 4 aromatic rings. The molecule has 1 amide bonds. The first kappa shape index (κ1) is 25.1. The van der Waals surface area contributed by atoms with Crippen LogP contribution in [0.3, 0.4) is 0 Å². The molecule has 2 heterocycles. The van der Waals surface area contributed by atoms with Crippen molar-refractivity contribution in [2.75, 3.05) is 11.9 Å². The third-order valence-corrected chi connectivity index (χ3v) is 7.33. The van der Waals surface area contributed by atoms with Gasteiger partial charge in [0.25, 0.3) is 0 Å². The lowest BCUT2D eigenvalue weighted by Gasteiger charge is -2.20. The van der Waals surface area contributed by atoms with E-state index in [4.69, 9.17) is 17.3 Å². The van der Waals surface area contributed by atoms with Crippen molar-refractivity contribution in [1.29, 1.82) is 0 Å². The number of primary amides is 1. The standard InChI is InChI=1S/C27H29ClN6O3/c28-27-32-25(30-14-19(16-7-3-1-4-8-16)17-9-5-2-6-10-17)22-26(33-27)34(15-31-22)20-13-18(11-12-21(29)35)23(36)24(20)37/h1-10,15,18-20,23-24,36-37H,11-14H2,(H2,29,35)(H,30,32,33)/t18-,20+,23+,24-/m0/s1. The zero-order valence-corrected chi connectivity index (χ0v) is 20.9. The largest absolute Gasteiger partial charge is 0.390 e. The van der Waals surface area contributed by atoms with E-state index in [0.717, 1.165) is 11.1 Å². The summed E-state index contributed by atoms with van der Waals surface area (Å²) in [4.78, 5) is 24.5. The Balaban J connectivity index is 1.42. The van der Waals surface area contributed by atoms with Crippen molar-refractivity contribution in [2.24, 2.45) is 11.7 Å². The van der Waals surface area contributed by atoms with Crippen LogP contribution >= 0.6 is 11.6 Å². The number of hydrogen-bond donors (Lipinski definition) is 4. The number of halogens is 1. The summed E-state index contributed by atoms with van der Waals surface area (Å²) in [6.07, 6.45) is 0.576. The average Bonchev–Trinajstić information content (AvgIpc) is 3.44. The summed E-state index contributed by atoms with van der Waals surface area (Å²) in [5.74, 6) is -0.148. The van der Waals surface area contributed by atoms with Crippen LogP contribution in [0.5, 0.6) is 0 Å². The van der Waals surface area contributed by atoms with Gasteiger partial charge in [0.05, 0.1) is 18.5 Å². The molecule has 0 bridgehead atoms. The number of nitrogens with one attached hydrogen (secondary N) is 1. The van der Waals surface area contributed by atoms with Gasteiger partial charge in [0.2, 0.25) is 11.2 Å². The molecule has 10 heteroatoms. The Hall–Kier alpha value is -3.53. The van der Waals surface area contributed by atoms with Crippen LogP contribution in [-0.2, 0) is 4.79 Å². The maximum Gasteiger partial charge on any atom is 0.226 e. The monoisotopic (exact) mass is 520 g/mol. The van der Waals surface area contributed by atoms with Gasteiger partial charge in [0, 0.05) is 18.9 Å². The van der Waals surface area contributed by atoms with Gasteiger partial charge >= 0.3 is 0 Å². The summed E-state index contributed by atoms with van der Waals surface area (Å²) in [5.41, 5.74) is 8.58. The molecule has 1 fully saturated rings. The number of benzene rings is 2.